The highest BCUT2D eigenvalue weighted by Crippen LogP contribution is 2.01. The van der Waals surface area contributed by atoms with Gasteiger partial charge in [-0.2, -0.15) is 0 Å². The van der Waals surface area contributed by atoms with Crippen molar-refractivity contribution in [2.45, 2.75) is 6.42 Å². The molecule has 0 aliphatic carbocycles. The summed E-state index contributed by atoms with van der Waals surface area (Å²) >= 11 is 0. The number of carboxylic acid groups (broad SMARTS) is 1. The van der Waals surface area contributed by atoms with E-state index in [2.05, 4.69) is 0 Å². The Morgan fingerprint density at radius 1 is 1.36 bits per heavy atom. The fourth-order valence-corrected chi connectivity index (χ4v) is 0.648. The van der Waals surface area contributed by atoms with Crippen LogP contribution in [-0.2, 0) is 4.79 Å². The molecular formula is C7H14NO3+. The lowest BCUT2D eigenvalue weighted by Crippen LogP contribution is -2.27. The first kappa shape index (κ1) is 9.97. The molecule has 0 saturated carbocycles. The number of aliphatic carboxylic acids is 1. The maximum absolute atomic E-state index is 10.1. The molecule has 64 valence electrons. The van der Waals surface area contributed by atoms with Crippen LogP contribution in [0.25, 0.3) is 0 Å². The van der Waals surface area contributed by atoms with Gasteiger partial charge >= 0.3 is 5.97 Å². The first-order valence-electron chi connectivity index (χ1n) is 3.25. The first-order valence-corrected chi connectivity index (χ1v) is 3.25. The van der Waals surface area contributed by atoms with Gasteiger partial charge in [-0.05, 0) is 0 Å². The van der Waals surface area contributed by atoms with Gasteiger partial charge in [0.05, 0.1) is 21.1 Å². The number of hydrogen-bond acceptors (Lipinski definition) is 2. The molecule has 0 amide bonds. The van der Waals surface area contributed by atoms with Crippen molar-refractivity contribution in [1.29, 1.82) is 0 Å². The van der Waals surface area contributed by atoms with Gasteiger partial charge in [0.2, 0.25) is 0 Å². The summed E-state index contributed by atoms with van der Waals surface area (Å²) in [6.07, 6.45) is 1.17. The molecule has 0 saturated heterocycles. The Kier molecular flexibility index (Phi) is 3.07. The smallest absolute Gasteiger partial charge is 0.311 e. The topological polar surface area (TPSA) is 57.5 Å². The molecule has 4 nitrogen and oxygen atoms in total. The summed E-state index contributed by atoms with van der Waals surface area (Å²) in [5, 5.41) is 17.3. The second kappa shape index (κ2) is 3.39. The third-order valence-corrected chi connectivity index (χ3v) is 0.869. The van der Waals surface area contributed by atoms with Crippen molar-refractivity contribution in [3.05, 3.63) is 12.0 Å². The van der Waals surface area contributed by atoms with Crippen molar-refractivity contribution < 1.29 is 19.5 Å². The second-order valence-electron chi connectivity index (χ2n) is 3.31. The summed E-state index contributed by atoms with van der Waals surface area (Å²) in [7, 11) is 5.49. The molecule has 0 aromatic heterocycles. The van der Waals surface area contributed by atoms with E-state index in [0.29, 0.717) is 4.48 Å². The van der Waals surface area contributed by atoms with Gasteiger partial charge in [-0.3, -0.25) is 4.79 Å². The van der Waals surface area contributed by atoms with Crippen molar-refractivity contribution in [2.24, 2.45) is 0 Å². The van der Waals surface area contributed by atoms with Gasteiger partial charge in [-0.15, -0.1) is 0 Å². The van der Waals surface area contributed by atoms with Crippen LogP contribution in [0.3, 0.4) is 0 Å². The molecule has 0 rings (SSSR count). The predicted molar refractivity (Wildman–Crippen MR) is 41.0 cm³/mol. The number of aliphatic hydroxyl groups is 1. The summed E-state index contributed by atoms with van der Waals surface area (Å²) in [6.45, 7) is 0. The molecule has 11 heavy (non-hydrogen) atoms. The van der Waals surface area contributed by atoms with E-state index in [0.717, 1.165) is 0 Å². The van der Waals surface area contributed by atoms with E-state index >= 15 is 0 Å². The normalized spacial score (nSPS) is 13.2. The fraction of sp³-hybridized carbons (Fsp3) is 0.571. The Balaban J connectivity index is 4.12. The monoisotopic (exact) mass is 160 g/mol. The summed E-state index contributed by atoms with van der Waals surface area (Å²) < 4.78 is 0.416. The zero-order valence-electron chi connectivity index (χ0n) is 7.03. The van der Waals surface area contributed by atoms with Gasteiger partial charge < -0.3 is 14.7 Å². The van der Waals surface area contributed by atoms with Gasteiger partial charge in [-0.25, -0.2) is 0 Å². The van der Waals surface area contributed by atoms with Gasteiger partial charge in [0.15, 0.2) is 5.76 Å². The molecule has 0 atom stereocenters. The van der Waals surface area contributed by atoms with Gasteiger partial charge in [0.25, 0.3) is 0 Å². The van der Waals surface area contributed by atoms with E-state index in [1.807, 2.05) is 21.1 Å². The van der Waals surface area contributed by atoms with E-state index < -0.39 is 5.97 Å². The van der Waals surface area contributed by atoms with E-state index in [-0.39, 0.29) is 12.2 Å². The Bertz CT molecular complexity index is 179. The van der Waals surface area contributed by atoms with E-state index in [1.165, 1.54) is 6.20 Å². The third-order valence-electron chi connectivity index (χ3n) is 0.869. The number of aliphatic hydroxyl groups excluding tert-OH is 1. The molecule has 0 unspecified atom stereocenters. The van der Waals surface area contributed by atoms with Crippen LogP contribution in [0, 0.1) is 0 Å². The molecule has 0 aromatic rings. The molecule has 0 radical (unpaired) electrons. The van der Waals surface area contributed by atoms with Crippen molar-refractivity contribution in [3.63, 3.8) is 0 Å². The van der Waals surface area contributed by atoms with Crippen LogP contribution in [0.15, 0.2) is 12.0 Å². The summed E-state index contributed by atoms with van der Waals surface area (Å²) in [4.78, 5) is 10.1. The van der Waals surface area contributed by atoms with Crippen LogP contribution in [-0.4, -0.2) is 41.8 Å². The molecule has 0 fully saturated rings. The average molecular weight is 160 g/mol. The third kappa shape index (κ3) is 6.86. The Hall–Kier alpha value is -1.03. The maximum Gasteiger partial charge on any atom is 0.311 e. The zero-order valence-corrected chi connectivity index (χ0v) is 7.03. The maximum atomic E-state index is 10.1. The van der Waals surface area contributed by atoms with E-state index in [1.54, 1.807) is 0 Å². The van der Waals surface area contributed by atoms with Crippen molar-refractivity contribution >= 4 is 5.97 Å². The quantitative estimate of drug-likeness (QED) is 0.468. The minimum Gasteiger partial charge on any atom is -0.506 e. The lowest BCUT2D eigenvalue weighted by atomic mass is 10.3. The van der Waals surface area contributed by atoms with Crippen LogP contribution in [0.4, 0.5) is 0 Å². The molecule has 2 N–H and O–H groups in total. The average Bonchev–Trinajstić information content (AvgIpc) is 1.53. The van der Waals surface area contributed by atoms with Crippen molar-refractivity contribution in [3.8, 4) is 0 Å². The Morgan fingerprint density at radius 3 is 2.09 bits per heavy atom. The summed E-state index contributed by atoms with van der Waals surface area (Å²) in [5.41, 5.74) is 0. The molecule has 4 heteroatoms. The largest absolute Gasteiger partial charge is 0.506 e. The highest BCUT2D eigenvalue weighted by Gasteiger charge is 2.08. The van der Waals surface area contributed by atoms with Crippen LogP contribution >= 0.6 is 0 Å². The number of quaternary nitrogens is 1. The molecular weight excluding hydrogens is 146 g/mol. The summed E-state index contributed by atoms with van der Waals surface area (Å²) in [6, 6.07) is 0. The summed E-state index contributed by atoms with van der Waals surface area (Å²) in [5.74, 6) is -1.13. The van der Waals surface area contributed by atoms with Gasteiger partial charge in [-0.1, -0.05) is 0 Å². The lowest BCUT2D eigenvalue weighted by molar-refractivity contribution is -0.818. The molecule has 0 aliphatic heterocycles. The molecule has 0 aliphatic rings. The van der Waals surface area contributed by atoms with Crippen LogP contribution in [0.5, 0.6) is 0 Å². The Morgan fingerprint density at radius 2 is 1.82 bits per heavy atom. The molecule has 0 heterocycles. The number of carboxylic acids is 1. The standard InChI is InChI=1S/C7H13NO3/c1-8(2,3)5-6(9)4-7(10)11/h5H,4H2,1-3H3,(H-,9,10,11)/p+1/b6-5-. The van der Waals surface area contributed by atoms with E-state index in [4.69, 9.17) is 10.2 Å². The minimum atomic E-state index is -1.02. The minimum absolute atomic E-state index is 0.106. The van der Waals surface area contributed by atoms with Gasteiger partial charge in [0.1, 0.15) is 12.6 Å². The highest BCUT2D eigenvalue weighted by molar-refractivity contribution is 5.69. The molecule has 0 spiro atoms. The van der Waals surface area contributed by atoms with Crippen LogP contribution < -0.4 is 0 Å². The predicted octanol–water partition coefficient (Wildman–Crippen LogP) is 0.567. The Labute approximate surface area is 66.0 Å². The molecule has 0 aromatic carbocycles. The first-order chi connectivity index (χ1) is 4.81. The fourth-order valence-electron chi connectivity index (χ4n) is 0.648. The second-order valence-corrected chi connectivity index (χ2v) is 3.31. The van der Waals surface area contributed by atoms with Crippen molar-refractivity contribution in [1.82, 2.24) is 0 Å². The highest BCUT2D eigenvalue weighted by atomic mass is 16.4. The zero-order chi connectivity index (χ0) is 9.07. The number of hydrogen-bond donors (Lipinski definition) is 2. The lowest BCUT2D eigenvalue weighted by Gasteiger charge is -2.17. The van der Waals surface area contributed by atoms with Crippen LogP contribution in [0.1, 0.15) is 6.42 Å². The number of rotatable bonds is 3. The van der Waals surface area contributed by atoms with Crippen LogP contribution in [0.2, 0.25) is 0 Å². The number of nitrogens with zero attached hydrogens (tertiary/aromatic N) is 1. The van der Waals surface area contributed by atoms with Gasteiger partial charge in [0, 0.05) is 0 Å². The SMILES string of the molecule is C[N+](C)(C)/C=C(\O)CC(=O)O. The number of carbonyl (C=O) groups is 1. The van der Waals surface area contributed by atoms with E-state index in [9.17, 15) is 4.79 Å². The molecule has 0 bridgehead atoms. The van der Waals surface area contributed by atoms with Crippen molar-refractivity contribution in [2.75, 3.05) is 21.1 Å².